The van der Waals surface area contributed by atoms with E-state index in [0.29, 0.717) is 5.41 Å². The maximum atomic E-state index is 4.42. The zero-order valence-electron chi connectivity index (χ0n) is 12.5. The van der Waals surface area contributed by atoms with Crippen molar-refractivity contribution in [1.29, 1.82) is 0 Å². The van der Waals surface area contributed by atoms with Gasteiger partial charge in [0, 0.05) is 0 Å². The van der Waals surface area contributed by atoms with Crippen molar-refractivity contribution in [3.8, 4) is 0 Å². The van der Waals surface area contributed by atoms with Gasteiger partial charge in [-0.3, -0.25) is 0 Å². The van der Waals surface area contributed by atoms with Gasteiger partial charge in [-0.1, -0.05) is 30.7 Å². The molecule has 4 aliphatic carbocycles. The molecule has 0 spiro atoms. The third kappa shape index (κ3) is 1.64. The van der Waals surface area contributed by atoms with Crippen LogP contribution in [0.4, 0.5) is 0 Å². The van der Waals surface area contributed by atoms with Crippen LogP contribution in [0.2, 0.25) is 0 Å². The van der Waals surface area contributed by atoms with Crippen LogP contribution in [0.1, 0.15) is 64.7 Å². The van der Waals surface area contributed by atoms with Gasteiger partial charge in [0.05, 0.1) is 0 Å². The molecule has 0 heterocycles. The molecule has 3 saturated carbocycles. The molecule has 0 amide bonds. The molecule has 0 heteroatoms. The number of hydrogen-bond acceptors (Lipinski definition) is 0. The van der Waals surface area contributed by atoms with Crippen molar-refractivity contribution in [1.82, 2.24) is 0 Å². The molecule has 0 aromatic carbocycles. The average molecular weight is 256 g/mol. The summed E-state index contributed by atoms with van der Waals surface area (Å²) in [5, 5.41) is 0. The maximum absolute atomic E-state index is 4.42. The van der Waals surface area contributed by atoms with E-state index >= 15 is 0 Å². The van der Waals surface area contributed by atoms with Crippen molar-refractivity contribution in [2.45, 2.75) is 64.7 Å². The second kappa shape index (κ2) is 4.24. The second-order valence-electron chi connectivity index (χ2n) is 7.89. The quantitative estimate of drug-likeness (QED) is 0.502. The third-order valence-corrected chi connectivity index (χ3v) is 7.33. The van der Waals surface area contributed by atoms with Gasteiger partial charge in [0.15, 0.2) is 0 Å². The van der Waals surface area contributed by atoms with Crippen molar-refractivity contribution < 1.29 is 0 Å². The summed E-state index contributed by atoms with van der Waals surface area (Å²) < 4.78 is 0. The van der Waals surface area contributed by atoms with Gasteiger partial charge < -0.3 is 0 Å². The van der Waals surface area contributed by atoms with E-state index < -0.39 is 0 Å². The Morgan fingerprint density at radius 1 is 1.11 bits per heavy atom. The van der Waals surface area contributed by atoms with E-state index in [-0.39, 0.29) is 0 Å². The van der Waals surface area contributed by atoms with Gasteiger partial charge in [-0.25, -0.2) is 0 Å². The first-order valence-electron chi connectivity index (χ1n) is 8.57. The van der Waals surface area contributed by atoms with E-state index in [1.54, 1.807) is 5.57 Å². The Balaban J connectivity index is 1.65. The van der Waals surface area contributed by atoms with Crippen molar-refractivity contribution in [2.24, 2.45) is 29.1 Å². The zero-order chi connectivity index (χ0) is 13.0. The molecule has 5 atom stereocenters. The molecular formula is C19H28. The van der Waals surface area contributed by atoms with Gasteiger partial charge in [0.2, 0.25) is 0 Å². The van der Waals surface area contributed by atoms with Crippen molar-refractivity contribution in [3.63, 3.8) is 0 Å². The summed E-state index contributed by atoms with van der Waals surface area (Å²) >= 11 is 0. The SMILES string of the molecule is C=C1CCC2C3CCC4=CCCCC4C3CCC12C. The maximum Gasteiger partial charge on any atom is -0.00879 e. The number of fused-ring (bicyclic) bond motifs is 5. The fourth-order valence-corrected chi connectivity index (χ4v) is 6.21. The van der Waals surface area contributed by atoms with E-state index in [4.69, 9.17) is 0 Å². The minimum atomic E-state index is 0.511. The van der Waals surface area contributed by atoms with Gasteiger partial charge in [-0.05, 0) is 86.9 Å². The summed E-state index contributed by atoms with van der Waals surface area (Å²) in [6.45, 7) is 6.96. The molecule has 0 bridgehead atoms. The lowest BCUT2D eigenvalue weighted by Crippen LogP contribution is -2.44. The Morgan fingerprint density at radius 2 is 2.00 bits per heavy atom. The third-order valence-electron chi connectivity index (χ3n) is 7.33. The Morgan fingerprint density at radius 3 is 2.89 bits per heavy atom. The summed E-state index contributed by atoms with van der Waals surface area (Å²) in [6, 6.07) is 0. The highest BCUT2D eigenvalue weighted by Gasteiger charge is 2.53. The molecule has 0 radical (unpaired) electrons. The van der Waals surface area contributed by atoms with Crippen LogP contribution in [0.15, 0.2) is 23.8 Å². The Kier molecular flexibility index (Phi) is 2.73. The number of allylic oxidation sites excluding steroid dienone is 3. The molecule has 4 rings (SSSR count). The molecule has 3 fully saturated rings. The Bertz CT molecular complexity index is 429. The summed E-state index contributed by atoms with van der Waals surface area (Å²) in [4.78, 5) is 0. The van der Waals surface area contributed by atoms with E-state index in [0.717, 1.165) is 23.7 Å². The van der Waals surface area contributed by atoms with Crippen LogP contribution in [0.5, 0.6) is 0 Å². The van der Waals surface area contributed by atoms with Crippen molar-refractivity contribution >= 4 is 0 Å². The first-order chi connectivity index (χ1) is 9.20. The topological polar surface area (TPSA) is 0 Å². The van der Waals surface area contributed by atoms with E-state index in [1.807, 2.05) is 5.57 Å². The minimum absolute atomic E-state index is 0.511. The van der Waals surface area contributed by atoms with Gasteiger partial charge in [0.1, 0.15) is 0 Å². The lowest BCUT2D eigenvalue weighted by Gasteiger charge is -2.53. The summed E-state index contributed by atoms with van der Waals surface area (Å²) in [7, 11) is 0. The second-order valence-corrected chi connectivity index (χ2v) is 7.89. The molecule has 4 aliphatic rings. The monoisotopic (exact) mass is 256 g/mol. The van der Waals surface area contributed by atoms with Gasteiger partial charge >= 0.3 is 0 Å². The Labute approximate surface area is 118 Å². The molecule has 19 heavy (non-hydrogen) atoms. The predicted octanol–water partition coefficient (Wildman–Crippen LogP) is 5.51. The number of hydrogen-bond donors (Lipinski definition) is 0. The molecular weight excluding hydrogens is 228 g/mol. The minimum Gasteiger partial charge on any atom is -0.0993 e. The van der Waals surface area contributed by atoms with E-state index in [1.165, 1.54) is 57.8 Å². The fraction of sp³-hybridized carbons (Fsp3) is 0.789. The molecule has 0 N–H and O–H groups in total. The summed E-state index contributed by atoms with van der Waals surface area (Å²) in [6.07, 6.45) is 15.5. The molecule has 0 aromatic rings. The van der Waals surface area contributed by atoms with Crippen LogP contribution in [-0.2, 0) is 0 Å². The molecule has 104 valence electrons. The predicted molar refractivity (Wildman–Crippen MR) is 80.8 cm³/mol. The van der Waals surface area contributed by atoms with Crippen LogP contribution >= 0.6 is 0 Å². The Hall–Kier alpha value is -0.520. The molecule has 0 aliphatic heterocycles. The summed E-state index contributed by atoms with van der Waals surface area (Å²) in [5.41, 5.74) is 3.95. The number of rotatable bonds is 0. The van der Waals surface area contributed by atoms with Crippen LogP contribution in [-0.4, -0.2) is 0 Å². The highest BCUT2D eigenvalue weighted by atomic mass is 14.6. The highest BCUT2D eigenvalue weighted by Crippen LogP contribution is 2.63. The van der Waals surface area contributed by atoms with Crippen LogP contribution < -0.4 is 0 Å². The van der Waals surface area contributed by atoms with Gasteiger partial charge in [-0.2, -0.15) is 0 Å². The van der Waals surface area contributed by atoms with E-state index in [2.05, 4.69) is 19.6 Å². The van der Waals surface area contributed by atoms with Crippen molar-refractivity contribution in [2.75, 3.05) is 0 Å². The van der Waals surface area contributed by atoms with Crippen LogP contribution in [0.25, 0.3) is 0 Å². The van der Waals surface area contributed by atoms with Gasteiger partial charge in [0.25, 0.3) is 0 Å². The molecule has 5 unspecified atom stereocenters. The lowest BCUT2D eigenvalue weighted by molar-refractivity contribution is 0.0133. The van der Waals surface area contributed by atoms with E-state index in [9.17, 15) is 0 Å². The average Bonchev–Trinajstić information content (AvgIpc) is 2.75. The smallest absolute Gasteiger partial charge is 0.00879 e. The fourth-order valence-electron chi connectivity index (χ4n) is 6.21. The molecule has 0 saturated heterocycles. The lowest BCUT2D eigenvalue weighted by atomic mass is 9.52. The highest BCUT2D eigenvalue weighted by molar-refractivity contribution is 5.23. The zero-order valence-corrected chi connectivity index (χ0v) is 12.5. The molecule has 0 nitrogen and oxygen atoms in total. The normalized spacial score (nSPS) is 49.1. The first-order valence-corrected chi connectivity index (χ1v) is 8.57. The summed E-state index contributed by atoms with van der Waals surface area (Å²) in [5.74, 6) is 4.01. The van der Waals surface area contributed by atoms with Crippen LogP contribution in [0.3, 0.4) is 0 Å². The van der Waals surface area contributed by atoms with Crippen LogP contribution in [0, 0.1) is 29.1 Å². The van der Waals surface area contributed by atoms with Gasteiger partial charge in [-0.15, -0.1) is 0 Å². The standard InChI is InChI=1S/C19H28/c1-13-7-10-18-17-9-8-14-5-3-4-6-15(14)16(17)11-12-19(13,18)2/h5,15-18H,1,3-4,6-12H2,2H3. The molecule has 0 aromatic heterocycles. The van der Waals surface area contributed by atoms with Crippen molar-refractivity contribution in [3.05, 3.63) is 23.8 Å². The first kappa shape index (κ1) is 12.2. The largest absolute Gasteiger partial charge is 0.0993 e.